The molecule has 0 aliphatic heterocycles. The van der Waals surface area contributed by atoms with Crippen LogP contribution in [0.4, 0.5) is 0 Å². The third kappa shape index (κ3) is 3.44. The largest absolute Gasteiger partial charge is 0.480 e. The van der Waals surface area contributed by atoms with Gasteiger partial charge in [0, 0.05) is 10.6 Å². The summed E-state index contributed by atoms with van der Waals surface area (Å²) in [5.74, 6) is -1.85. The molecule has 1 unspecified atom stereocenters. The maximum absolute atomic E-state index is 11.7. The van der Waals surface area contributed by atoms with Crippen LogP contribution in [0, 0.1) is 6.92 Å². The summed E-state index contributed by atoms with van der Waals surface area (Å²) in [7, 11) is 0. The highest BCUT2D eigenvalue weighted by Crippen LogP contribution is 2.16. The zero-order valence-corrected chi connectivity index (χ0v) is 9.86. The summed E-state index contributed by atoms with van der Waals surface area (Å²) >= 11 is 5.80. The Kier molecular flexibility index (Phi) is 4.48. The van der Waals surface area contributed by atoms with Crippen LogP contribution >= 0.6 is 11.6 Å². The molecule has 0 aromatic heterocycles. The van der Waals surface area contributed by atoms with Crippen LogP contribution in [0.3, 0.4) is 0 Å². The molecule has 0 aliphatic rings. The number of aliphatic carboxylic acids is 1. The number of aliphatic hydroxyl groups excluding tert-OH is 1. The number of amides is 1. The minimum absolute atomic E-state index is 0.298. The number of carboxylic acids is 1. The molecule has 3 N–H and O–H groups in total. The topological polar surface area (TPSA) is 86.6 Å². The van der Waals surface area contributed by atoms with Crippen molar-refractivity contribution in [1.82, 2.24) is 5.32 Å². The van der Waals surface area contributed by atoms with E-state index in [1.165, 1.54) is 6.07 Å². The molecule has 0 spiro atoms. The molecule has 0 saturated heterocycles. The quantitative estimate of drug-likeness (QED) is 0.745. The monoisotopic (exact) mass is 257 g/mol. The van der Waals surface area contributed by atoms with Crippen molar-refractivity contribution in [2.45, 2.75) is 13.0 Å². The van der Waals surface area contributed by atoms with Gasteiger partial charge in [0.1, 0.15) is 0 Å². The van der Waals surface area contributed by atoms with Crippen LogP contribution in [-0.4, -0.2) is 34.7 Å². The third-order valence-corrected chi connectivity index (χ3v) is 2.63. The van der Waals surface area contributed by atoms with Crippen LogP contribution < -0.4 is 5.32 Å². The molecule has 92 valence electrons. The number of aliphatic hydroxyl groups is 1. The summed E-state index contributed by atoms with van der Waals surface area (Å²) < 4.78 is 0. The summed E-state index contributed by atoms with van der Waals surface area (Å²) in [4.78, 5) is 22.3. The van der Waals surface area contributed by atoms with Crippen molar-refractivity contribution in [3.8, 4) is 0 Å². The standard InChI is InChI=1S/C11H12ClNO4/c1-6-4-7(2-3-8(6)12)10(15)13-9(5-14)11(16)17/h2-4,9,14H,5H2,1H3,(H,13,15)(H,16,17). The minimum Gasteiger partial charge on any atom is -0.480 e. The Balaban J connectivity index is 2.82. The van der Waals surface area contributed by atoms with Gasteiger partial charge >= 0.3 is 5.97 Å². The molecule has 5 nitrogen and oxygen atoms in total. The lowest BCUT2D eigenvalue weighted by Gasteiger charge is -2.12. The van der Waals surface area contributed by atoms with E-state index in [1.807, 2.05) is 0 Å². The molecule has 0 bridgehead atoms. The number of carbonyl (C=O) groups is 2. The lowest BCUT2D eigenvalue weighted by Crippen LogP contribution is -2.43. The zero-order valence-electron chi connectivity index (χ0n) is 9.11. The second-order valence-electron chi connectivity index (χ2n) is 3.51. The van der Waals surface area contributed by atoms with Gasteiger partial charge in [0.15, 0.2) is 6.04 Å². The second-order valence-corrected chi connectivity index (χ2v) is 3.92. The number of rotatable bonds is 4. The SMILES string of the molecule is Cc1cc(C(=O)NC(CO)C(=O)O)ccc1Cl. The van der Waals surface area contributed by atoms with Crippen molar-refractivity contribution in [3.05, 3.63) is 34.3 Å². The van der Waals surface area contributed by atoms with Crippen LogP contribution in [0.25, 0.3) is 0 Å². The van der Waals surface area contributed by atoms with Crippen LogP contribution in [0.5, 0.6) is 0 Å². The van der Waals surface area contributed by atoms with Crippen LogP contribution in [-0.2, 0) is 4.79 Å². The van der Waals surface area contributed by atoms with Crippen LogP contribution in [0.1, 0.15) is 15.9 Å². The normalized spacial score (nSPS) is 11.9. The van der Waals surface area contributed by atoms with E-state index >= 15 is 0 Å². The number of hydrogen-bond acceptors (Lipinski definition) is 3. The fraction of sp³-hybridized carbons (Fsp3) is 0.273. The number of benzene rings is 1. The summed E-state index contributed by atoms with van der Waals surface area (Å²) in [6.45, 7) is 1.08. The van der Waals surface area contributed by atoms with Gasteiger partial charge in [0.05, 0.1) is 6.61 Å². The highest BCUT2D eigenvalue weighted by atomic mass is 35.5. The van der Waals surface area contributed by atoms with Crippen LogP contribution in [0.15, 0.2) is 18.2 Å². The van der Waals surface area contributed by atoms with E-state index in [9.17, 15) is 9.59 Å². The number of halogens is 1. The van der Waals surface area contributed by atoms with Gasteiger partial charge in [-0.2, -0.15) is 0 Å². The van der Waals surface area contributed by atoms with Gasteiger partial charge in [-0.25, -0.2) is 4.79 Å². The van der Waals surface area contributed by atoms with E-state index in [4.69, 9.17) is 21.8 Å². The van der Waals surface area contributed by atoms with E-state index in [2.05, 4.69) is 5.32 Å². The Labute approximate surface area is 103 Å². The highest BCUT2D eigenvalue weighted by Gasteiger charge is 2.19. The Hall–Kier alpha value is -1.59. The van der Waals surface area contributed by atoms with Crippen molar-refractivity contribution in [3.63, 3.8) is 0 Å². The Bertz CT molecular complexity index is 447. The lowest BCUT2D eigenvalue weighted by molar-refractivity contribution is -0.140. The molecule has 0 radical (unpaired) electrons. The zero-order chi connectivity index (χ0) is 13.0. The van der Waals surface area contributed by atoms with Crippen molar-refractivity contribution in [2.24, 2.45) is 0 Å². The third-order valence-electron chi connectivity index (χ3n) is 2.21. The average molecular weight is 258 g/mol. The summed E-state index contributed by atoms with van der Waals surface area (Å²) in [5.41, 5.74) is 1.02. The Morgan fingerprint density at radius 1 is 1.47 bits per heavy atom. The second kappa shape index (κ2) is 5.65. The first-order valence-electron chi connectivity index (χ1n) is 4.86. The number of nitrogens with one attached hydrogen (secondary N) is 1. The average Bonchev–Trinajstić information content (AvgIpc) is 2.28. The summed E-state index contributed by atoms with van der Waals surface area (Å²) in [5, 5.41) is 20.2. The number of aryl methyl sites for hydroxylation is 1. The van der Waals surface area contributed by atoms with Gasteiger partial charge in [-0.1, -0.05) is 11.6 Å². The van der Waals surface area contributed by atoms with E-state index in [1.54, 1.807) is 19.1 Å². The fourth-order valence-corrected chi connectivity index (χ4v) is 1.33. The molecule has 0 fully saturated rings. The van der Waals surface area contributed by atoms with Crippen LogP contribution in [0.2, 0.25) is 5.02 Å². The molecule has 1 rings (SSSR count). The Morgan fingerprint density at radius 2 is 2.12 bits per heavy atom. The van der Waals surface area contributed by atoms with Crippen molar-refractivity contribution in [2.75, 3.05) is 6.61 Å². The molecule has 0 saturated carbocycles. The fourth-order valence-electron chi connectivity index (χ4n) is 1.21. The number of hydrogen-bond donors (Lipinski definition) is 3. The number of carbonyl (C=O) groups excluding carboxylic acids is 1. The molecule has 1 aromatic carbocycles. The molecule has 0 heterocycles. The molecule has 1 amide bonds. The molecular formula is C11H12ClNO4. The van der Waals surface area contributed by atoms with Crippen molar-refractivity contribution >= 4 is 23.5 Å². The predicted molar refractivity (Wildman–Crippen MR) is 62.2 cm³/mol. The molecular weight excluding hydrogens is 246 g/mol. The first kappa shape index (κ1) is 13.5. The lowest BCUT2D eigenvalue weighted by atomic mass is 10.1. The van der Waals surface area contributed by atoms with Gasteiger partial charge in [-0.15, -0.1) is 0 Å². The van der Waals surface area contributed by atoms with Crippen molar-refractivity contribution < 1.29 is 19.8 Å². The first-order valence-corrected chi connectivity index (χ1v) is 5.24. The summed E-state index contributed by atoms with van der Waals surface area (Å²) in [6, 6.07) is 3.29. The molecule has 1 atom stereocenters. The smallest absolute Gasteiger partial charge is 0.328 e. The highest BCUT2D eigenvalue weighted by molar-refractivity contribution is 6.31. The summed E-state index contributed by atoms with van der Waals surface area (Å²) in [6.07, 6.45) is 0. The minimum atomic E-state index is -1.31. The Morgan fingerprint density at radius 3 is 2.59 bits per heavy atom. The molecule has 6 heteroatoms. The maximum Gasteiger partial charge on any atom is 0.328 e. The van der Waals surface area contributed by atoms with E-state index in [0.29, 0.717) is 10.6 Å². The van der Waals surface area contributed by atoms with Crippen molar-refractivity contribution in [1.29, 1.82) is 0 Å². The van der Waals surface area contributed by atoms with Gasteiger partial charge < -0.3 is 15.5 Å². The first-order chi connectivity index (χ1) is 7.95. The maximum atomic E-state index is 11.7. The molecule has 0 aliphatic carbocycles. The molecule has 17 heavy (non-hydrogen) atoms. The van der Waals surface area contributed by atoms with Gasteiger partial charge in [-0.3, -0.25) is 4.79 Å². The van der Waals surface area contributed by atoms with E-state index in [-0.39, 0.29) is 0 Å². The number of carboxylic acid groups (broad SMARTS) is 1. The van der Waals surface area contributed by atoms with Gasteiger partial charge in [0.25, 0.3) is 5.91 Å². The molecule has 1 aromatic rings. The van der Waals surface area contributed by atoms with Gasteiger partial charge in [0.2, 0.25) is 0 Å². The predicted octanol–water partition coefficient (Wildman–Crippen LogP) is 0.824. The van der Waals surface area contributed by atoms with E-state index < -0.39 is 24.5 Å². The van der Waals surface area contributed by atoms with Gasteiger partial charge in [-0.05, 0) is 30.7 Å². The van der Waals surface area contributed by atoms with E-state index in [0.717, 1.165) is 5.56 Å².